The summed E-state index contributed by atoms with van der Waals surface area (Å²) in [6.45, 7) is 5.51. The molecule has 166 valence electrons. The van der Waals surface area contributed by atoms with Crippen LogP contribution in [-0.2, 0) is 9.59 Å². The highest BCUT2D eigenvalue weighted by molar-refractivity contribution is 6.42. The summed E-state index contributed by atoms with van der Waals surface area (Å²) in [5, 5.41) is 0.855. The lowest BCUT2D eigenvalue weighted by atomic mass is 10.2. The highest BCUT2D eigenvalue weighted by atomic mass is 35.5. The van der Waals surface area contributed by atoms with Gasteiger partial charge >= 0.3 is 0 Å². The first-order chi connectivity index (χ1) is 14.5. The largest absolute Gasteiger partial charge is 0.492 e. The fraction of sp³-hybridized carbons (Fsp3) is 0.636. The van der Waals surface area contributed by atoms with E-state index in [0.29, 0.717) is 54.9 Å². The number of piperazine rings is 1. The lowest BCUT2D eigenvalue weighted by molar-refractivity contribution is -0.135. The van der Waals surface area contributed by atoms with E-state index < -0.39 is 0 Å². The van der Waals surface area contributed by atoms with Gasteiger partial charge in [-0.3, -0.25) is 14.5 Å². The van der Waals surface area contributed by atoms with Crippen LogP contribution in [0.2, 0.25) is 10.0 Å². The molecule has 1 aromatic carbocycles. The van der Waals surface area contributed by atoms with Crippen molar-refractivity contribution in [1.29, 1.82) is 0 Å². The normalized spacial score (nSPS) is 18.2. The van der Waals surface area contributed by atoms with Gasteiger partial charge in [0.25, 0.3) is 0 Å². The van der Waals surface area contributed by atoms with Gasteiger partial charge in [0, 0.05) is 45.7 Å². The average Bonchev–Trinajstić information content (AvgIpc) is 3.04. The van der Waals surface area contributed by atoms with Crippen LogP contribution in [0.25, 0.3) is 0 Å². The van der Waals surface area contributed by atoms with Gasteiger partial charge in [0.1, 0.15) is 10.8 Å². The van der Waals surface area contributed by atoms with Gasteiger partial charge < -0.3 is 14.5 Å². The molecule has 2 amide bonds. The molecule has 3 rings (SSSR count). The third-order valence-corrected chi connectivity index (χ3v) is 6.55. The van der Waals surface area contributed by atoms with E-state index in [2.05, 4.69) is 4.90 Å². The predicted molar refractivity (Wildman–Crippen MR) is 119 cm³/mol. The van der Waals surface area contributed by atoms with Crippen LogP contribution in [0, 0.1) is 0 Å². The van der Waals surface area contributed by atoms with Crippen molar-refractivity contribution in [2.24, 2.45) is 0 Å². The van der Waals surface area contributed by atoms with E-state index in [1.54, 1.807) is 18.2 Å². The van der Waals surface area contributed by atoms with Crippen molar-refractivity contribution in [3.05, 3.63) is 28.2 Å². The summed E-state index contributed by atoms with van der Waals surface area (Å²) in [7, 11) is 0. The van der Waals surface area contributed by atoms with Gasteiger partial charge in [0.05, 0.1) is 18.2 Å². The third kappa shape index (κ3) is 6.76. The van der Waals surface area contributed by atoms with Gasteiger partial charge in [-0.15, -0.1) is 0 Å². The van der Waals surface area contributed by atoms with E-state index in [1.807, 2.05) is 9.80 Å². The molecule has 2 aliphatic rings. The lowest BCUT2D eigenvalue weighted by Gasteiger charge is -2.35. The molecule has 0 unspecified atom stereocenters. The summed E-state index contributed by atoms with van der Waals surface area (Å²) in [4.78, 5) is 31.1. The molecular formula is C22H31Cl2N3O3. The topological polar surface area (TPSA) is 53.1 Å². The number of likely N-dealkylation sites (tertiary alicyclic amines) is 1. The fourth-order valence-electron chi connectivity index (χ4n) is 3.93. The smallest absolute Gasteiger partial charge is 0.236 e. The van der Waals surface area contributed by atoms with Crippen molar-refractivity contribution in [3.8, 4) is 5.75 Å². The van der Waals surface area contributed by atoms with E-state index in [0.717, 1.165) is 39.0 Å². The van der Waals surface area contributed by atoms with Crippen LogP contribution >= 0.6 is 23.2 Å². The highest BCUT2D eigenvalue weighted by Crippen LogP contribution is 2.31. The number of rotatable bonds is 7. The Morgan fingerprint density at radius 3 is 2.23 bits per heavy atom. The molecule has 8 heteroatoms. The van der Waals surface area contributed by atoms with Crippen LogP contribution < -0.4 is 4.74 Å². The highest BCUT2D eigenvalue weighted by Gasteiger charge is 2.24. The maximum absolute atomic E-state index is 12.5. The summed E-state index contributed by atoms with van der Waals surface area (Å²) in [5.74, 6) is 0.905. The molecule has 0 radical (unpaired) electrons. The maximum Gasteiger partial charge on any atom is 0.236 e. The molecule has 2 heterocycles. The van der Waals surface area contributed by atoms with Crippen molar-refractivity contribution in [2.75, 3.05) is 52.4 Å². The monoisotopic (exact) mass is 455 g/mol. The number of hydrogen-bond donors (Lipinski definition) is 0. The molecule has 0 saturated carbocycles. The Balaban J connectivity index is 1.33. The number of carbonyl (C=O) groups excluding carboxylic acids is 2. The Hall–Kier alpha value is -1.50. The second kappa shape index (κ2) is 11.8. The molecule has 2 fully saturated rings. The summed E-state index contributed by atoms with van der Waals surface area (Å²) in [6, 6.07) is 5.26. The number of amides is 2. The van der Waals surface area contributed by atoms with Crippen molar-refractivity contribution in [1.82, 2.24) is 14.7 Å². The molecule has 1 aromatic rings. The molecule has 0 aliphatic carbocycles. The molecule has 0 atom stereocenters. The van der Waals surface area contributed by atoms with Gasteiger partial charge in [-0.2, -0.15) is 0 Å². The van der Waals surface area contributed by atoms with Gasteiger partial charge in [-0.1, -0.05) is 42.1 Å². The van der Waals surface area contributed by atoms with Gasteiger partial charge in [0.15, 0.2) is 0 Å². The Bertz CT molecular complexity index is 716. The average molecular weight is 456 g/mol. The minimum absolute atomic E-state index is 0.134. The molecule has 2 saturated heterocycles. The molecule has 0 aromatic heterocycles. The number of carbonyl (C=O) groups is 2. The maximum atomic E-state index is 12.5. The second-order valence-corrected chi connectivity index (χ2v) is 8.74. The summed E-state index contributed by atoms with van der Waals surface area (Å²) in [5.41, 5.74) is 0. The fourth-order valence-corrected chi connectivity index (χ4v) is 4.27. The number of nitrogens with zero attached hydrogens (tertiary/aromatic N) is 3. The number of hydrogen-bond acceptors (Lipinski definition) is 4. The van der Waals surface area contributed by atoms with Crippen LogP contribution in [0.5, 0.6) is 5.75 Å². The third-order valence-electron chi connectivity index (χ3n) is 5.75. The lowest BCUT2D eigenvalue weighted by Crippen LogP contribution is -2.51. The zero-order chi connectivity index (χ0) is 21.3. The number of benzene rings is 1. The Morgan fingerprint density at radius 2 is 1.53 bits per heavy atom. The van der Waals surface area contributed by atoms with E-state index in [9.17, 15) is 9.59 Å². The Morgan fingerprint density at radius 1 is 0.867 bits per heavy atom. The minimum atomic E-state index is 0.134. The first-order valence-electron chi connectivity index (χ1n) is 10.9. The number of ether oxygens (including phenoxy) is 1. The first-order valence-corrected chi connectivity index (χ1v) is 11.6. The molecule has 6 nitrogen and oxygen atoms in total. The molecule has 30 heavy (non-hydrogen) atoms. The van der Waals surface area contributed by atoms with Crippen molar-refractivity contribution in [2.45, 2.75) is 38.5 Å². The van der Waals surface area contributed by atoms with Crippen LogP contribution in [0.3, 0.4) is 0 Å². The second-order valence-electron chi connectivity index (χ2n) is 7.96. The van der Waals surface area contributed by atoms with E-state index >= 15 is 0 Å². The van der Waals surface area contributed by atoms with E-state index in [4.69, 9.17) is 27.9 Å². The molecule has 0 bridgehead atoms. The van der Waals surface area contributed by atoms with E-state index in [-0.39, 0.29) is 11.8 Å². The molecular weight excluding hydrogens is 425 g/mol. The first kappa shape index (κ1) is 23.2. The van der Waals surface area contributed by atoms with Gasteiger partial charge in [-0.25, -0.2) is 0 Å². The predicted octanol–water partition coefficient (Wildman–Crippen LogP) is 3.70. The van der Waals surface area contributed by atoms with Crippen LogP contribution in [0.15, 0.2) is 18.2 Å². The van der Waals surface area contributed by atoms with Gasteiger partial charge in [0.2, 0.25) is 11.8 Å². The van der Waals surface area contributed by atoms with Crippen molar-refractivity contribution in [3.63, 3.8) is 0 Å². The number of halogens is 2. The van der Waals surface area contributed by atoms with E-state index in [1.165, 1.54) is 12.8 Å². The summed E-state index contributed by atoms with van der Waals surface area (Å²) >= 11 is 12.1. The zero-order valence-corrected chi connectivity index (χ0v) is 19.0. The van der Waals surface area contributed by atoms with Crippen molar-refractivity contribution < 1.29 is 14.3 Å². The molecule has 0 spiro atoms. The summed E-state index contributed by atoms with van der Waals surface area (Å²) < 4.78 is 5.65. The Labute approximate surface area is 189 Å². The minimum Gasteiger partial charge on any atom is -0.492 e. The van der Waals surface area contributed by atoms with Crippen LogP contribution in [0.4, 0.5) is 0 Å². The standard InChI is InChI=1S/C22H31Cl2N3O3/c23-18-7-5-8-19(22(18)24)30-16-6-9-20(28)27-14-12-25(13-15-27)17-21(29)26-10-3-1-2-4-11-26/h5,7-8H,1-4,6,9-17H2. The van der Waals surface area contributed by atoms with Crippen molar-refractivity contribution >= 4 is 35.0 Å². The quantitative estimate of drug-likeness (QED) is 0.588. The SMILES string of the molecule is O=C(CCCOc1cccc(Cl)c1Cl)N1CCN(CC(=O)N2CCCCCC2)CC1. The Kier molecular flexibility index (Phi) is 9.09. The zero-order valence-electron chi connectivity index (χ0n) is 17.5. The van der Waals surface area contributed by atoms with Crippen LogP contribution in [-0.4, -0.2) is 78.9 Å². The molecule has 0 N–H and O–H groups in total. The van der Waals surface area contributed by atoms with Gasteiger partial charge in [-0.05, 0) is 31.4 Å². The summed E-state index contributed by atoms with van der Waals surface area (Å²) in [6.07, 6.45) is 5.73. The van der Waals surface area contributed by atoms with Crippen LogP contribution in [0.1, 0.15) is 38.5 Å². The molecule has 2 aliphatic heterocycles.